The fourth-order valence-corrected chi connectivity index (χ4v) is 4.59. The molecule has 1 unspecified atom stereocenters. The summed E-state index contributed by atoms with van der Waals surface area (Å²) in [6.07, 6.45) is 13.2. The topological polar surface area (TPSA) is 48.8 Å². The lowest BCUT2D eigenvalue weighted by molar-refractivity contribution is -0.0396. The van der Waals surface area contributed by atoms with Crippen molar-refractivity contribution in [1.29, 1.82) is 0 Å². The van der Waals surface area contributed by atoms with Gasteiger partial charge in [0.1, 0.15) is 6.23 Å². The first-order chi connectivity index (χ1) is 15.6. The van der Waals surface area contributed by atoms with Crippen molar-refractivity contribution in [3.63, 3.8) is 0 Å². The van der Waals surface area contributed by atoms with Crippen molar-refractivity contribution >= 4 is 5.57 Å². The summed E-state index contributed by atoms with van der Waals surface area (Å²) in [5.74, 6) is 0. The van der Waals surface area contributed by atoms with Gasteiger partial charge in [-0.15, -0.1) is 0 Å². The minimum absolute atomic E-state index is 0.0643. The van der Waals surface area contributed by atoms with Crippen LogP contribution in [-0.2, 0) is 20.8 Å². The highest BCUT2D eigenvalue weighted by atomic mass is 16.5. The summed E-state index contributed by atoms with van der Waals surface area (Å²) in [6, 6.07) is 0. The van der Waals surface area contributed by atoms with Crippen molar-refractivity contribution in [3.05, 3.63) is 30.5 Å². The average molecular weight is 447 g/mol. The molecule has 3 rings (SSSR count). The van der Waals surface area contributed by atoms with Crippen LogP contribution in [0.25, 0.3) is 5.57 Å². The first-order valence-corrected chi connectivity index (χ1v) is 12.6. The van der Waals surface area contributed by atoms with E-state index in [1.807, 2.05) is 0 Å². The molecule has 1 aromatic rings. The van der Waals surface area contributed by atoms with Crippen LogP contribution in [0.4, 0.5) is 0 Å². The molecule has 1 aliphatic heterocycles. The summed E-state index contributed by atoms with van der Waals surface area (Å²) in [4.78, 5) is 2.23. The molecule has 0 N–H and O–H groups in total. The van der Waals surface area contributed by atoms with Gasteiger partial charge in [0.15, 0.2) is 0 Å². The third kappa shape index (κ3) is 6.89. The van der Waals surface area contributed by atoms with Gasteiger partial charge in [0.2, 0.25) is 0 Å². The van der Waals surface area contributed by atoms with Crippen LogP contribution in [0, 0.1) is 12.3 Å². The molecule has 181 valence electrons. The van der Waals surface area contributed by atoms with Crippen molar-refractivity contribution in [3.8, 4) is 0 Å². The molecule has 1 radical (unpaired) electrons. The lowest BCUT2D eigenvalue weighted by Crippen LogP contribution is -2.34. The van der Waals surface area contributed by atoms with E-state index in [1.165, 1.54) is 17.6 Å². The molecule has 1 fully saturated rings. The first-order valence-electron chi connectivity index (χ1n) is 12.6. The molecule has 2 aliphatic rings. The quantitative estimate of drug-likeness (QED) is 0.387. The fourth-order valence-electron chi connectivity index (χ4n) is 4.59. The zero-order valence-electron chi connectivity index (χ0n) is 20.6. The minimum Gasteiger partial charge on any atom is -0.381 e. The molecule has 0 saturated carbocycles. The number of hydrogen-bond donors (Lipinski definition) is 0. The second kappa shape index (κ2) is 12.9. The van der Waals surface area contributed by atoms with E-state index in [0.29, 0.717) is 0 Å². The monoisotopic (exact) mass is 446 g/mol. The van der Waals surface area contributed by atoms with Gasteiger partial charge < -0.3 is 19.1 Å². The van der Waals surface area contributed by atoms with Gasteiger partial charge >= 0.3 is 0 Å². The zero-order chi connectivity index (χ0) is 22.8. The van der Waals surface area contributed by atoms with Crippen molar-refractivity contribution in [2.75, 3.05) is 46.6 Å². The third-order valence-corrected chi connectivity index (χ3v) is 6.60. The lowest BCUT2D eigenvalue weighted by Gasteiger charge is -2.36. The summed E-state index contributed by atoms with van der Waals surface area (Å²) in [6.45, 7) is 14.0. The van der Waals surface area contributed by atoms with Gasteiger partial charge in [-0.3, -0.25) is 0 Å². The normalized spacial score (nSPS) is 21.2. The van der Waals surface area contributed by atoms with Crippen molar-refractivity contribution in [2.45, 2.75) is 78.0 Å². The Kier molecular flexibility index (Phi) is 10.2. The van der Waals surface area contributed by atoms with E-state index < -0.39 is 0 Å². The molecule has 1 aromatic heterocycles. The Morgan fingerprint density at radius 1 is 1.22 bits per heavy atom. The molecule has 32 heavy (non-hydrogen) atoms. The van der Waals surface area contributed by atoms with Crippen LogP contribution in [0.15, 0.2) is 12.3 Å². The predicted octanol–water partition coefficient (Wildman–Crippen LogP) is 5.25. The second-order valence-corrected chi connectivity index (χ2v) is 9.58. The van der Waals surface area contributed by atoms with Crippen LogP contribution < -0.4 is 0 Å². The maximum absolute atomic E-state index is 6.02. The molecule has 6 heteroatoms. The van der Waals surface area contributed by atoms with Gasteiger partial charge in [-0.2, -0.15) is 5.10 Å². The molecular formula is C26H44N3O3. The summed E-state index contributed by atoms with van der Waals surface area (Å²) < 4.78 is 20.1. The van der Waals surface area contributed by atoms with E-state index in [2.05, 4.69) is 49.7 Å². The van der Waals surface area contributed by atoms with Gasteiger partial charge in [0, 0.05) is 43.5 Å². The lowest BCUT2D eigenvalue weighted by atomic mass is 9.75. The summed E-state index contributed by atoms with van der Waals surface area (Å²) >= 11 is 0. The molecule has 2 heterocycles. The summed E-state index contributed by atoms with van der Waals surface area (Å²) in [7, 11) is 2.11. The highest BCUT2D eigenvalue weighted by Crippen LogP contribution is 2.40. The Morgan fingerprint density at radius 3 is 2.53 bits per heavy atom. The molecule has 0 spiro atoms. The molecule has 1 atom stereocenters. The van der Waals surface area contributed by atoms with Crippen LogP contribution in [0.5, 0.6) is 0 Å². The van der Waals surface area contributed by atoms with Crippen LogP contribution in [0.3, 0.4) is 0 Å². The number of rotatable bonds is 13. The van der Waals surface area contributed by atoms with Crippen LogP contribution in [0.2, 0.25) is 0 Å². The molecule has 1 saturated heterocycles. The molecule has 0 amide bonds. The first kappa shape index (κ1) is 25.4. The van der Waals surface area contributed by atoms with Gasteiger partial charge in [0.05, 0.1) is 18.9 Å². The Labute approximate surface area is 195 Å². The van der Waals surface area contributed by atoms with Crippen molar-refractivity contribution in [1.82, 2.24) is 14.7 Å². The fraction of sp³-hybridized carbons (Fsp3) is 0.769. The summed E-state index contributed by atoms with van der Waals surface area (Å²) in [5, 5.41) is 5.06. The number of nitrogens with zero attached hydrogens (tertiary/aromatic N) is 3. The largest absolute Gasteiger partial charge is 0.381 e. The van der Waals surface area contributed by atoms with E-state index >= 15 is 0 Å². The van der Waals surface area contributed by atoms with E-state index in [1.54, 1.807) is 0 Å². The van der Waals surface area contributed by atoms with Crippen LogP contribution >= 0.6 is 0 Å². The van der Waals surface area contributed by atoms with E-state index in [4.69, 9.17) is 19.3 Å². The predicted molar refractivity (Wildman–Crippen MR) is 129 cm³/mol. The number of allylic oxidation sites excluding steroid dienone is 2. The highest BCUT2D eigenvalue weighted by Gasteiger charge is 2.34. The SMILES string of the molecule is [CH2]CN(C)Cc1cn(C2CCCCO2)nc1C1=CCC(COCCC)(COCCC)CC1. The molecule has 1 aliphatic carbocycles. The second-order valence-electron chi connectivity index (χ2n) is 9.58. The molecule has 6 nitrogen and oxygen atoms in total. The maximum Gasteiger partial charge on any atom is 0.150 e. The Hall–Kier alpha value is -1.21. The van der Waals surface area contributed by atoms with E-state index in [0.717, 1.165) is 96.8 Å². The van der Waals surface area contributed by atoms with Crippen molar-refractivity contribution < 1.29 is 14.2 Å². The van der Waals surface area contributed by atoms with Crippen LogP contribution in [0.1, 0.15) is 82.7 Å². The van der Waals surface area contributed by atoms with Gasteiger partial charge in [-0.05, 0) is 77.5 Å². The molecular weight excluding hydrogens is 402 g/mol. The summed E-state index contributed by atoms with van der Waals surface area (Å²) in [5.41, 5.74) is 3.84. The maximum atomic E-state index is 6.02. The van der Waals surface area contributed by atoms with E-state index in [9.17, 15) is 0 Å². The van der Waals surface area contributed by atoms with Gasteiger partial charge in [-0.25, -0.2) is 4.68 Å². The van der Waals surface area contributed by atoms with Crippen LogP contribution in [-0.4, -0.2) is 61.3 Å². The molecule has 0 bridgehead atoms. The highest BCUT2D eigenvalue weighted by molar-refractivity contribution is 5.66. The number of aromatic nitrogens is 2. The average Bonchev–Trinajstić information content (AvgIpc) is 3.24. The Balaban J connectivity index is 1.79. The van der Waals surface area contributed by atoms with Gasteiger partial charge in [-0.1, -0.05) is 19.9 Å². The molecule has 0 aromatic carbocycles. The van der Waals surface area contributed by atoms with Crippen molar-refractivity contribution in [2.24, 2.45) is 5.41 Å². The smallest absolute Gasteiger partial charge is 0.150 e. The number of hydrogen-bond acceptors (Lipinski definition) is 5. The standard InChI is InChI=1S/C26H44N3O3/c1-5-15-30-20-26(21-31-16-6-2)13-11-22(12-14-26)25-23(18-28(4)7-3)19-29(27-25)24-10-8-9-17-32-24/h11,19,24H,3,5-10,12-18,20-21H2,1-2,4H3. The van der Waals surface area contributed by atoms with Gasteiger partial charge in [0.25, 0.3) is 0 Å². The minimum atomic E-state index is 0.0643. The zero-order valence-corrected chi connectivity index (χ0v) is 20.6. The third-order valence-electron chi connectivity index (χ3n) is 6.60. The number of ether oxygens (including phenoxy) is 3. The Bertz CT molecular complexity index is 699. The van der Waals surface area contributed by atoms with E-state index in [-0.39, 0.29) is 11.6 Å². The Morgan fingerprint density at radius 2 is 1.97 bits per heavy atom.